The van der Waals surface area contributed by atoms with E-state index < -0.39 is 0 Å². The molecule has 1 aromatic rings. The maximum absolute atomic E-state index is 11.9. The van der Waals surface area contributed by atoms with E-state index in [0.717, 1.165) is 50.9 Å². The smallest absolute Gasteiger partial charge is 0.269 e. The van der Waals surface area contributed by atoms with Gasteiger partial charge in [-0.15, -0.1) is 0 Å². The molecular formula is C13H24N4O. The fraction of sp³-hybridized carbons (Fsp3) is 0.692. The number of amides is 1. The molecule has 0 unspecified atom stereocenters. The Kier molecular flexibility index (Phi) is 6.43. The van der Waals surface area contributed by atoms with Crippen LogP contribution in [-0.4, -0.2) is 28.8 Å². The molecule has 1 aromatic heterocycles. The molecule has 0 aliphatic rings. The van der Waals surface area contributed by atoms with E-state index in [1.54, 1.807) is 11.7 Å². The number of nitrogens with zero attached hydrogens (tertiary/aromatic N) is 2. The zero-order valence-corrected chi connectivity index (χ0v) is 11.4. The van der Waals surface area contributed by atoms with Crippen LogP contribution in [-0.2, 0) is 13.5 Å². The second-order valence-electron chi connectivity index (χ2n) is 4.46. The summed E-state index contributed by atoms with van der Waals surface area (Å²) in [6.45, 7) is 3.50. The van der Waals surface area contributed by atoms with Crippen molar-refractivity contribution in [2.24, 2.45) is 12.8 Å². The number of aromatic nitrogens is 2. The van der Waals surface area contributed by atoms with Gasteiger partial charge in [0.1, 0.15) is 5.69 Å². The summed E-state index contributed by atoms with van der Waals surface area (Å²) >= 11 is 0. The number of rotatable bonds is 8. The number of aryl methyl sites for hydroxylation is 2. The van der Waals surface area contributed by atoms with E-state index in [1.807, 2.05) is 13.0 Å². The summed E-state index contributed by atoms with van der Waals surface area (Å²) in [6, 6.07) is 1.85. The van der Waals surface area contributed by atoms with Gasteiger partial charge in [0, 0.05) is 13.6 Å². The molecule has 0 saturated heterocycles. The van der Waals surface area contributed by atoms with Crippen molar-refractivity contribution < 1.29 is 4.79 Å². The van der Waals surface area contributed by atoms with Crippen LogP contribution in [0.15, 0.2) is 6.07 Å². The van der Waals surface area contributed by atoms with Gasteiger partial charge in [0.2, 0.25) is 0 Å². The quantitative estimate of drug-likeness (QED) is 0.683. The summed E-state index contributed by atoms with van der Waals surface area (Å²) in [5.74, 6) is -0.0384. The molecule has 0 aliphatic heterocycles. The van der Waals surface area contributed by atoms with Gasteiger partial charge in [-0.05, 0) is 31.9 Å². The van der Waals surface area contributed by atoms with Gasteiger partial charge in [0.15, 0.2) is 0 Å². The number of hydrogen-bond acceptors (Lipinski definition) is 3. The van der Waals surface area contributed by atoms with Crippen molar-refractivity contribution >= 4 is 5.91 Å². The lowest BCUT2D eigenvalue weighted by molar-refractivity contribution is 0.0943. The number of nitrogens with two attached hydrogens (primary N) is 1. The lowest BCUT2D eigenvalue weighted by Crippen LogP contribution is -2.26. The Morgan fingerprint density at radius 1 is 1.39 bits per heavy atom. The lowest BCUT2D eigenvalue weighted by Gasteiger charge is -2.04. The molecule has 0 saturated carbocycles. The standard InChI is InChI=1S/C13H24N4O/c1-3-11-10-12(17(2)16-11)13(18)15-9-7-5-4-6-8-14/h10H,3-9,14H2,1-2H3,(H,15,18). The van der Waals surface area contributed by atoms with Gasteiger partial charge in [-0.3, -0.25) is 9.48 Å². The average Bonchev–Trinajstić information content (AvgIpc) is 2.75. The van der Waals surface area contributed by atoms with E-state index in [1.165, 1.54) is 0 Å². The molecular weight excluding hydrogens is 228 g/mol. The van der Waals surface area contributed by atoms with Crippen molar-refractivity contribution in [1.82, 2.24) is 15.1 Å². The van der Waals surface area contributed by atoms with E-state index in [-0.39, 0.29) is 5.91 Å². The second kappa shape index (κ2) is 7.87. The van der Waals surface area contributed by atoms with Gasteiger partial charge < -0.3 is 11.1 Å². The molecule has 0 atom stereocenters. The number of hydrogen-bond donors (Lipinski definition) is 2. The molecule has 1 amide bonds. The second-order valence-corrected chi connectivity index (χ2v) is 4.46. The Morgan fingerprint density at radius 2 is 2.11 bits per heavy atom. The van der Waals surface area contributed by atoms with E-state index in [2.05, 4.69) is 10.4 Å². The van der Waals surface area contributed by atoms with Crippen molar-refractivity contribution in [2.75, 3.05) is 13.1 Å². The Labute approximate surface area is 109 Å². The van der Waals surface area contributed by atoms with Crippen LogP contribution >= 0.6 is 0 Å². The summed E-state index contributed by atoms with van der Waals surface area (Å²) in [5, 5.41) is 7.18. The van der Waals surface area contributed by atoms with Crippen molar-refractivity contribution in [2.45, 2.75) is 39.0 Å². The summed E-state index contributed by atoms with van der Waals surface area (Å²) in [4.78, 5) is 11.9. The summed E-state index contributed by atoms with van der Waals surface area (Å²) in [5.41, 5.74) is 7.00. The molecule has 18 heavy (non-hydrogen) atoms. The van der Waals surface area contributed by atoms with Crippen molar-refractivity contribution in [3.63, 3.8) is 0 Å². The van der Waals surface area contributed by atoms with Crippen molar-refractivity contribution in [3.8, 4) is 0 Å². The van der Waals surface area contributed by atoms with Crippen LogP contribution in [0.4, 0.5) is 0 Å². The predicted octanol–water partition coefficient (Wildman–Crippen LogP) is 1.23. The molecule has 0 aromatic carbocycles. The highest BCUT2D eigenvalue weighted by Gasteiger charge is 2.11. The topological polar surface area (TPSA) is 72.9 Å². The van der Waals surface area contributed by atoms with Crippen molar-refractivity contribution in [1.29, 1.82) is 0 Å². The molecule has 0 aliphatic carbocycles. The third kappa shape index (κ3) is 4.49. The number of carbonyl (C=O) groups is 1. The average molecular weight is 252 g/mol. The zero-order chi connectivity index (χ0) is 13.4. The highest BCUT2D eigenvalue weighted by atomic mass is 16.2. The fourth-order valence-electron chi connectivity index (χ4n) is 1.83. The summed E-state index contributed by atoms with van der Waals surface area (Å²) in [7, 11) is 1.80. The third-order valence-corrected chi connectivity index (χ3v) is 2.94. The van der Waals surface area contributed by atoms with Gasteiger partial charge in [0.05, 0.1) is 5.69 Å². The summed E-state index contributed by atoms with van der Waals surface area (Å²) in [6.07, 6.45) is 5.17. The molecule has 0 radical (unpaired) electrons. The molecule has 0 fully saturated rings. The molecule has 5 nitrogen and oxygen atoms in total. The minimum absolute atomic E-state index is 0.0384. The highest BCUT2D eigenvalue weighted by molar-refractivity contribution is 5.92. The first kappa shape index (κ1) is 14.7. The van der Waals surface area contributed by atoms with Crippen LogP contribution in [0.2, 0.25) is 0 Å². The Balaban J connectivity index is 2.29. The van der Waals surface area contributed by atoms with Gasteiger partial charge >= 0.3 is 0 Å². The molecule has 102 valence electrons. The minimum Gasteiger partial charge on any atom is -0.351 e. The molecule has 1 rings (SSSR count). The molecule has 5 heteroatoms. The van der Waals surface area contributed by atoms with Crippen LogP contribution < -0.4 is 11.1 Å². The van der Waals surface area contributed by atoms with Crippen LogP contribution in [0.1, 0.15) is 48.8 Å². The molecule has 3 N–H and O–H groups in total. The Morgan fingerprint density at radius 3 is 2.72 bits per heavy atom. The Hall–Kier alpha value is -1.36. The third-order valence-electron chi connectivity index (χ3n) is 2.94. The van der Waals surface area contributed by atoms with Crippen LogP contribution in [0.3, 0.4) is 0 Å². The van der Waals surface area contributed by atoms with E-state index in [0.29, 0.717) is 5.69 Å². The SMILES string of the molecule is CCc1cc(C(=O)NCCCCCCN)n(C)n1. The van der Waals surface area contributed by atoms with E-state index in [9.17, 15) is 4.79 Å². The molecule has 0 spiro atoms. The van der Waals surface area contributed by atoms with Crippen LogP contribution in [0, 0.1) is 0 Å². The summed E-state index contributed by atoms with van der Waals surface area (Å²) < 4.78 is 1.64. The highest BCUT2D eigenvalue weighted by Crippen LogP contribution is 2.04. The number of carbonyl (C=O) groups excluding carboxylic acids is 1. The minimum atomic E-state index is -0.0384. The first-order valence-corrected chi connectivity index (χ1v) is 6.70. The van der Waals surface area contributed by atoms with E-state index in [4.69, 9.17) is 5.73 Å². The van der Waals surface area contributed by atoms with Gasteiger partial charge in [0.25, 0.3) is 5.91 Å². The van der Waals surface area contributed by atoms with Crippen LogP contribution in [0.5, 0.6) is 0 Å². The molecule has 1 heterocycles. The van der Waals surface area contributed by atoms with Gasteiger partial charge in [-0.2, -0.15) is 5.10 Å². The van der Waals surface area contributed by atoms with Crippen LogP contribution in [0.25, 0.3) is 0 Å². The first-order valence-electron chi connectivity index (χ1n) is 6.70. The predicted molar refractivity (Wildman–Crippen MR) is 72.4 cm³/mol. The fourth-order valence-corrected chi connectivity index (χ4v) is 1.83. The maximum Gasteiger partial charge on any atom is 0.269 e. The number of unbranched alkanes of at least 4 members (excludes halogenated alkanes) is 3. The molecule has 0 bridgehead atoms. The van der Waals surface area contributed by atoms with Gasteiger partial charge in [-0.1, -0.05) is 19.8 Å². The largest absolute Gasteiger partial charge is 0.351 e. The van der Waals surface area contributed by atoms with Gasteiger partial charge in [-0.25, -0.2) is 0 Å². The lowest BCUT2D eigenvalue weighted by atomic mass is 10.2. The monoisotopic (exact) mass is 252 g/mol. The number of nitrogens with one attached hydrogen (secondary N) is 1. The first-order chi connectivity index (χ1) is 8.69. The van der Waals surface area contributed by atoms with E-state index >= 15 is 0 Å². The normalized spacial score (nSPS) is 10.6. The maximum atomic E-state index is 11.9. The van der Waals surface area contributed by atoms with Crippen molar-refractivity contribution in [3.05, 3.63) is 17.5 Å². The Bertz CT molecular complexity index is 373. The zero-order valence-electron chi connectivity index (χ0n) is 11.4.